The first kappa shape index (κ1) is 18.3. The quantitative estimate of drug-likeness (QED) is 0.764. The molecule has 0 atom stereocenters. The van der Waals surface area contributed by atoms with Crippen LogP contribution in [0, 0.1) is 12.8 Å². The Morgan fingerprint density at radius 3 is 2.50 bits per heavy atom. The third kappa shape index (κ3) is 4.99. The molecule has 0 fully saturated rings. The maximum atomic E-state index is 13.1. The van der Waals surface area contributed by atoms with Crippen LogP contribution in [0.3, 0.4) is 0 Å². The summed E-state index contributed by atoms with van der Waals surface area (Å²) in [5.74, 6) is 1.06. The minimum Gasteiger partial charge on any atom is -0.370 e. The Morgan fingerprint density at radius 1 is 1.17 bits per heavy atom. The van der Waals surface area contributed by atoms with Crippen molar-refractivity contribution < 1.29 is 13.2 Å². The molecular weight excluding hydrogens is 341 g/mol. The van der Waals surface area contributed by atoms with Crippen molar-refractivity contribution in [2.45, 2.75) is 26.9 Å². The van der Waals surface area contributed by atoms with E-state index in [1.807, 2.05) is 13.8 Å². The molecule has 0 spiro atoms. The molecule has 0 bridgehead atoms. The van der Waals surface area contributed by atoms with Gasteiger partial charge in [-0.25, -0.2) is 4.98 Å². The van der Waals surface area contributed by atoms with Crippen LogP contribution in [0.4, 0.5) is 30.6 Å². The van der Waals surface area contributed by atoms with Crippen LogP contribution in [-0.2, 0) is 6.18 Å². The lowest BCUT2D eigenvalue weighted by Gasteiger charge is -2.15. The van der Waals surface area contributed by atoms with Gasteiger partial charge in [-0.05, 0) is 31.0 Å². The van der Waals surface area contributed by atoms with Crippen molar-refractivity contribution in [1.82, 2.24) is 9.97 Å². The molecule has 0 radical (unpaired) electrons. The Morgan fingerprint density at radius 2 is 1.88 bits per heavy atom. The maximum absolute atomic E-state index is 13.1. The van der Waals surface area contributed by atoms with Crippen LogP contribution in [0.2, 0.25) is 5.02 Å². The summed E-state index contributed by atoms with van der Waals surface area (Å²) in [4.78, 5) is 8.35. The van der Waals surface area contributed by atoms with Gasteiger partial charge >= 0.3 is 6.18 Å². The van der Waals surface area contributed by atoms with Crippen molar-refractivity contribution in [1.29, 1.82) is 0 Å². The van der Waals surface area contributed by atoms with E-state index in [0.717, 1.165) is 6.07 Å². The maximum Gasteiger partial charge on any atom is 0.418 e. The Hall–Kier alpha value is -2.02. The van der Waals surface area contributed by atoms with Crippen molar-refractivity contribution in [2.24, 2.45) is 5.92 Å². The second-order valence-corrected chi connectivity index (χ2v) is 6.24. The van der Waals surface area contributed by atoms with Crippen LogP contribution in [0.1, 0.15) is 25.1 Å². The van der Waals surface area contributed by atoms with Crippen LogP contribution in [0.25, 0.3) is 0 Å². The monoisotopic (exact) mass is 358 g/mol. The number of benzene rings is 1. The smallest absolute Gasteiger partial charge is 0.370 e. The molecule has 0 unspecified atom stereocenters. The van der Waals surface area contributed by atoms with Gasteiger partial charge in [-0.3, -0.25) is 0 Å². The molecule has 1 aromatic heterocycles. The molecule has 24 heavy (non-hydrogen) atoms. The lowest BCUT2D eigenvalue weighted by Crippen LogP contribution is -2.12. The second-order valence-electron chi connectivity index (χ2n) is 5.81. The van der Waals surface area contributed by atoms with Crippen molar-refractivity contribution in [2.75, 3.05) is 17.2 Å². The molecular formula is C16H18ClF3N4. The van der Waals surface area contributed by atoms with E-state index in [4.69, 9.17) is 11.6 Å². The van der Waals surface area contributed by atoms with Gasteiger partial charge in [0.1, 0.15) is 5.82 Å². The van der Waals surface area contributed by atoms with Crippen LogP contribution >= 0.6 is 11.6 Å². The first-order valence-corrected chi connectivity index (χ1v) is 7.76. The SMILES string of the molecule is Cc1cc(NCC(C)C)nc(Nc2ccc(Cl)cc2C(F)(F)F)n1. The lowest BCUT2D eigenvalue weighted by atomic mass is 10.1. The molecule has 0 aliphatic carbocycles. The van der Waals surface area contributed by atoms with Crippen LogP contribution < -0.4 is 10.6 Å². The van der Waals surface area contributed by atoms with Crippen LogP contribution in [-0.4, -0.2) is 16.5 Å². The number of anilines is 3. The summed E-state index contributed by atoms with van der Waals surface area (Å²) in [6, 6.07) is 5.25. The van der Waals surface area contributed by atoms with Gasteiger partial charge in [-0.15, -0.1) is 0 Å². The highest BCUT2D eigenvalue weighted by molar-refractivity contribution is 6.30. The molecule has 2 N–H and O–H groups in total. The van der Waals surface area contributed by atoms with Gasteiger partial charge in [0.25, 0.3) is 0 Å². The molecule has 8 heteroatoms. The van der Waals surface area contributed by atoms with Gasteiger partial charge < -0.3 is 10.6 Å². The summed E-state index contributed by atoms with van der Waals surface area (Å²) in [6.45, 7) is 6.54. The first-order valence-electron chi connectivity index (χ1n) is 7.38. The van der Waals surface area contributed by atoms with Crippen molar-refractivity contribution in [3.8, 4) is 0 Å². The van der Waals surface area contributed by atoms with E-state index >= 15 is 0 Å². The van der Waals surface area contributed by atoms with E-state index in [-0.39, 0.29) is 16.7 Å². The third-order valence-corrected chi connectivity index (χ3v) is 3.31. The number of alkyl halides is 3. The zero-order chi connectivity index (χ0) is 17.9. The largest absolute Gasteiger partial charge is 0.418 e. The summed E-state index contributed by atoms with van der Waals surface area (Å²) in [5.41, 5.74) is -0.370. The van der Waals surface area contributed by atoms with Crippen molar-refractivity contribution in [3.05, 3.63) is 40.5 Å². The van der Waals surface area contributed by atoms with E-state index in [0.29, 0.717) is 24.0 Å². The van der Waals surface area contributed by atoms with Gasteiger partial charge in [-0.1, -0.05) is 25.4 Å². The lowest BCUT2D eigenvalue weighted by molar-refractivity contribution is -0.136. The van der Waals surface area contributed by atoms with E-state index in [2.05, 4.69) is 20.6 Å². The highest BCUT2D eigenvalue weighted by Gasteiger charge is 2.34. The van der Waals surface area contributed by atoms with E-state index in [1.54, 1.807) is 13.0 Å². The molecule has 0 saturated carbocycles. The summed E-state index contributed by atoms with van der Waals surface area (Å²) < 4.78 is 39.4. The number of rotatable bonds is 5. The number of hydrogen-bond acceptors (Lipinski definition) is 4. The fourth-order valence-electron chi connectivity index (χ4n) is 2.00. The van der Waals surface area contributed by atoms with Gasteiger partial charge in [0, 0.05) is 23.3 Å². The predicted molar refractivity (Wildman–Crippen MR) is 89.8 cm³/mol. The van der Waals surface area contributed by atoms with Gasteiger partial charge in [-0.2, -0.15) is 18.2 Å². The topological polar surface area (TPSA) is 49.8 Å². The number of hydrogen-bond donors (Lipinski definition) is 2. The molecule has 4 nitrogen and oxygen atoms in total. The fourth-order valence-corrected chi connectivity index (χ4v) is 2.18. The summed E-state index contributed by atoms with van der Waals surface area (Å²) in [5, 5.41) is 5.78. The standard InChI is InChI=1S/C16H18ClF3N4/c1-9(2)8-21-14-6-10(3)22-15(24-14)23-13-5-4-11(17)7-12(13)16(18,19)20/h4-7,9H,8H2,1-3H3,(H2,21,22,23,24). The predicted octanol–water partition coefficient (Wildman–Crippen LogP) is 5.27. The fraction of sp³-hybridized carbons (Fsp3) is 0.375. The second kappa shape index (κ2) is 7.25. The molecule has 2 aromatic rings. The Bertz CT molecular complexity index is 717. The first-order chi connectivity index (χ1) is 11.1. The molecule has 130 valence electrons. The van der Waals surface area contributed by atoms with Gasteiger partial charge in [0.2, 0.25) is 5.95 Å². The van der Waals surface area contributed by atoms with Crippen LogP contribution in [0.5, 0.6) is 0 Å². The zero-order valence-corrected chi connectivity index (χ0v) is 14.3. The van der Waals surface area contributed by atoms with Crippen molar-refractivity contribution >= 4 is 29.1 Å². The highest BCUT2D eigenvalue weighted by atomic mass is 35.5. The average molecular weight is 359 g/mol. The molecule has 0 saturated heterocycles. The number of aromatic nitrogens is 2. The number of nitrogens with one attached hydrogen (secondary N) is 2. The minimum absolute atomic E-state index is 0.0114. The summed E-state index contributed by atoms with van der Waals surface area (Å²) in [6.07, 6.45) is -4.53. The summed E-state index contributed by atoms with van der Waals surface area (Å²) in [7, 11) is 0. The normalized spacial score (nSPS) is 11.7. The minimum atomic E-state index is -4.53. The van der Waals surface area contributed by atoms with Crippen molar-refractivity contribution in [3.63, 3.8) is 0 Å². The average Bonchev–Trinajstić information content (AvgIpc) is 2.45. The van der Waals surface area contributed by atoms with Gasteiger partial charge in [0.05, 0.1) is 11.3 Å². The Balaban J connectivity index is 2.31. The van der Waals surface area contributed by atoms with E-state index in [1.165, 1.54) is 12.1 Å². The van der Waals surface area contributed by atoms with E-state index in [9.17, 15) is 13.2 Å². The molecule has 0 aliphatic heterocycles. The zero-order valence-electron chi connectivity index (χ0n) is 13.5. The molecule has 0 amide bonds. The third-order valence-electron chi connectivity index (χ3n) is 3.08. The number of aryl methyl sites for hydroxylation is 1. The molecule has 1 heterocycles. The summed E-state index contributed by atoms with van der Waals surface area (Å²) >= 11 is 5.68. The Labute approximate surface area is 143 Å². The molecule has 2 rings (SSSR count). The Kier molecular flexibility index (Phi) is 5.54. The molecule has 1 aromatic carbocycles. The highest BCUT2D eigenvalue weighted by Crippen LogP contribution is 2.37. The van der Waals surface area contributed by atoms with E-state index < -0.39 is 11.7 Å². The van der Waals surface area contributed by atoms with Crippen LogP contribution in [0.15, 0.2) is 24.3 Å². The van der Waals surface area contributed by atoms with Gasteiger partial charge in [0.15, 0.2) is 0 Å². The molecule has 0 aliphatic rings. The number of nitrogens with zero attached hydrogens (tertiary/aromatic N) is 2. The number of halogens is 4.